The summed E-state index contributed by atoms with van der Waals surface area (Å²) in [7, 11) is 0. The lowest BCUT2D eigenvalue weighted by Crippen LogP contribution is -2.24. The Kier molecular flexibility index (Phi) is 4.91. The number of benzene rings is 2. The van der Waals surface area contributed by atoms with Crippen molar-refractivity contribution >= 4 is 22.7 Å². The van der Waals surface area contributed by atoms with Gasteiger partial charge >= 0.3 is 0 Å². The van der Waals surface area contributed by atoms with Crippen LogP contribution in [0.1, 0.15) is 11.4 Å². The highest BCUT2D eigenvalue weighted by molar-refractivity contribution is 7.98. The number of thioether (sulfide) groups is 1. The van der Waals surface area contributed by atoms with Gasteiger partial charge < -0.3 is 4.42 Å². The van der Waals surface area contributed by atoms with E-state index in [-0.39, 0.29) is 12.1 Å². The zero-order chi connectivity index (χ0) is 19.5. The lowest BCUT2D eigenvalue weighted by molar-refractivity contribution is 0.465. The van der Waals surface area contributed by atoms with Gasteiger partial charge in [0, 0.05) is 5.56 Å². The van der Waals surface area contributed by atoms with Gasteiger partial charge in [-0.05, 0) is 31.2 Å². The molecule has 0 aliphatic carbocycles. The number of fused-ring (bicyclic) bond motifs is 1. The van der Waals surface area contributed by atoms with E-state index in [1.807, 2.05) is 43.3 Å². The van der Waals surface area contributed by atoms with Gasteiger partial charge in [0.1, 0.15) is 12.4 Å². The van der Waals surface area contributed by atoms with Crippen molar-refractivity contribution < 1.29 is 4.42 Å². The third-order valence-corrected chi connectivity index (χ3v) is 5.01. The molecule has 0 saturated carbocycles. The molecular weight excluding hydrogens is 374 g/mol. The zero-order valence-corrected chi connectivity index (χ0v) is 15.8. The van der Waals surface area contributed by atoms with E-state index in [9.17, 15) is 4.79 Å². The highest BCUT2D eigenvalue weighted by Gasteiger charge is 2.14. The molecule has 8 heteroatoms. The van der Waals surface area contributed by atoms with Gasteiger partial charge in [0.05, 0.1) is 22.7 Å². The van der Waals surface area contributed by atoms with Gasteiger partial charge in [0.25, 0.3) is 10.8 Å². The molecule has 0 saturated heterocycles. The molecular formula is C20H15N5O2S. The first-order chi connectivity index (χ1) is 13.7. The van der Waals surface area contributed by atoms with Crippen molar-refractivity contribution in [2.24, 2.45) is 0 Å². The van der Waals surface area contributed by atoms with Crippen LogP contribution in [0, 0.1) is 18.3 Å². The Bertz CT molecular complexity index is 1240. The number of hydrogen-bond donors (Lipinski definition) is 0. The van der Waals surface area contributed by atoms with E-state index in [1.54, 1.807) is 18.2 Å². The largest absolute Gasteiger partial charge is 0.411 e. The predicted molar refractivity (Wildman–Crippen MR) is 106 cm³/mol. The van der Waals surface area contributed by atoms with E-state index >= 15 is 0 Å². The van der Waals surface area contributed by atoms with E-state index in [2.05, 4.69) is 15.2 Å². The molecule has 2 heterocycles. The minimum atomic E-state index is -0.228. The topological polar surface area (TPSA) is 97.6 Å². The summed E-state index contributed by atoms with van der Waals surface area (Å²) in [6, 6.07) is 16.9. The number of nitriles is 1. The van der Waals surface area contributed by atoms with Gasteiger partial charge in [0.2, 0.25) is 5.89 Å². The molecule has 0 bridgehead atoms. The summed E-state index contributed by atoms with van der Waals surface area (Å²) in [5.41, 5.74) is 2.36. The fraction of sp³-hybridized carbons (Fsp3) is 0.150. The highest BCUT2D eigenvalue weighted by Crippen LogP contribution is 2.25. The molecule has 0 atom stereocenters. The van der Waals surface area contributed by atoms with E-state index in [0.29, 0.717) is 33.6 Å². The van der Waals surface area contributed by atoms with Crippen LogP contribution < -0.4 is 5.56 Å². The molecule has 0 aliphatic rings. The van der Waals surface area contributed by atoms with Crippen molar-refractivity contribution in [2.75, 3.05) is 0 Å². The second-order valence-electron chi connectivity index (χ2n) is 6.12. The van der Waals surface area contributed by atoms with Crippen LogP contribution in [0.15, 0.2) is 63.0 Å². The van der Waals surface area contributed by atoms with Crippen molar-refractivity contribution in [3.63, 3.8) is 0 Å². The lowest BCUT2D eigenvalue weighted by Gasteiger charge is -2.09. The van der Waals surface area contributed by atoms with Crippen LogP contribution in [-0.2, 0) is 12.3 Å². The van der Waals surface area contributed by atoms with Crippen LogP contribution in [0.3, 0.4) is 0 Å². The number of para-hydroxylation sites is 1. The zero-order valence-electron chi connectivity index (χ0n) is 15.0. The minimum absolute atomic E-state index is 0.0645. The Balaban J connectivity index is 1.61. The Morgan fingerprint density at radius 1 is 1.14 bits per heavy atom. The third-order valence-electron chi connectivity index (χ3n) is 4.20. The number of aryl methyl sites for hydroxylation is 1. The van der Waals surface area contributed by atoms with Gasteiger partial charge in [-0.1, -0.05) is 41.6 Å². The normalized spacial score (nSPS) is 10.9. The van der Waals surface area contributed by atoms with Crippen LogP contribution >= 0.6 is 11.8 Å². The average molecular weight is 389 g/mol. The minimum Gasteiger partial charge on any atom is -0.411 e. The number of rotatable bonds is 5. The van der Waals surface area contributed by atoms with Crippen molar-refractivity contribution in [3.8, 4) is 17.5 Å². The van der Waals surface area contributed by atoms with Crippen molar-refractivity contribution in [1.82, 2.24) is 19.7 Å². The maximum Gasteiger partial charge on any atom is 0.277 e. The van der Waals surface area contributed by atoms with Crippen molar-refractivity contribution in [3.05, 3.63) is 70.3 Å². The average Bonchev–Trinajstić information content (AvgIpc) is 3.18. The third kappa shape index (κ3) is 3.52. The molecule has 0 radical (unpaired) electrons. The standard InChI is InChI=1S/C20H15N5O2S/c1-13-6-8-14(9-7-13)18-23-24-20(27-18)28-12-17-22-16-5-3-2-4-15(16)19(26)25(17)11-10-21/h2-9H,11-12H2,1H3. The van der Waals surface area contributed by atoms with E-state index in [4.69, 9.17) is 9.68 Å². The summed E-state index contributed by atoms with van der Waals surface area (Å²) in [5.74, 6) is 1.26. The predicted octanol–water partition coefficient (Wildman–Crippen LogP) is 3.57. The maximum absolute atomic E-state index is 12.7. The summed E-state index contributed by atoms with van der Waals surface area (Å²) in [6.07, 6.45) is 0. The summed E-state index contributed by atoms with van der Waals surface area (Å²) in [5, 5.41) is 18.1. The SMILES string of the molecule is Cc1ccc(-c2nnc(SCc3nc4ccccc4c(=O)n3CC#N)o2)cc1. The van der Waals surface area contributed by atoms with Crippen LogP contribution in [-0.4, -0.2) is 19.7 Å². The molecule has 28 heavy (non-hydrogen) atoms. The quantitative estimate of drug-likeness (QED) is 0.481. The number of nitrogens with zero attached hydrogens (tertiary/aromatic N) is 5. The first kappa shape index (κ1) is 17.9. The van der Waals surface area contributed by atoms with Crippen LogP contribution in [0.4, 0.5) is 0 Å². The number of aromatic nitrogens is 4. The van der Waals surface area contributed by atoms with Gasteiger partial charge in [-0.3, -0.25) is 9.36 Å². The molecule has 0 spiro atoms. The van der Waals surface area contributed by atoms with Crippen LogP contribution in [0.2, 0.25) is 0 Å². The molecule has 7 nitrogen and oxygen atoms in total. The second-order valence-corrected chi connectivity index (χ2v) is 7.05. The van der Waals surface area contributed by atoms with Gasteiger partial charge in [0.15, 0.2) is 0 Å². The van der Waals surface area contributed by atoms with E-state index < -0.39 is 0 Å². The Labute approximate surface area is 164 Å². The summed E-state index contributed by atoms with van der Waals surface area (Å²) >= 11 is 1.28. The molecule has 0 N–H and O–H groups in total. The maximum atomic E-state index is 12.7. The lowest BCUT2D eigenvalue weighted by atomic mass is 10.1. The van der Waals surface area contributed by atoms with E-state index in [0.717, 1.165) is 11.1 Å². The van der Waals surface area contributed by atoms with Crippen LogP contribution in [0.25, 0.3) is 22.4 Å². The molecule has 2 aromatic heterocycles. The fourth-order valence-corrected chi connectivity index (χ4v) is 3.47. The molecule has 138 valence electrons. The molecule has 0 fully saturated rings. The first-order valence-electron chi connectivity index (χ1n) is 8.54. The Hall–Kier alpha value is -3.44. The molecule has 4 aromatic rings. The second kappa shape index (κ2) is 7.66. The van der Waals surface area contributed by atoms with Crippen LogP contribution in [0.5, 0.6) is 0 Å². The fourth-order valence-electron chi connectivity index (χ4n) is 2.77. The van der Waals surface area contributed by atoms with Gasteiger partial charge in [-0.25, -0.2) is 4.98 Å². The van der Waals surface area contributed by atoms with Crippen molar-refractivity contribution in [1.29, 1.82) is 5.26 Å². The number of hydrogen-bond acceptors (Lipinski definition) is 7. The Morgan fingerprint density at radius 3 is 2.71 bits per heavy atom. The molecule has 4 rings (SSSR count). The van der Waals surface area contributed by atoms with E-state index in [1.165, 1.54) is 16.3 Å². The molecule has 0 amide bonds. The summed E-state index contributed by atoms with van der Waals surface area (Å²) in [6.45, 7) is 1.95. The molecule has 2 aromatic carbocycles. The molecule has 0 unspecified atom stereocenters. The Morgan fingerprint density at radius 2 is 1.93 bits per heavy atom. The monoisotopic (exact) mass is 389 g/mol. The van der Waals surface area contributed by atoms with Gasteiger partial charge in [-0.2, -0.15) is 5.26 Å². The van der Waals surface area contributed by atoms with Gasteiger partial charge in [-0.15, -0.1) is 10.2 Å². The van der Waals surface area contributed by atoms with Crippen molar-refractivity contribution in [2.45, 2.75) is 24.4 Å². The summed E-state index contributed by atoms with van der Waals surface area (Å²) < 4.78 is 7.09. The summed E-state index contributed by atoms with van der Waals surface area (Å²) in [4.78, 5) is 17.2. The first-order valence-corrected chi connectivity index (χ1v) is 9.53. The highest BCUT2D eigenvalue weighted by atomic mass is 32.2. The smallest absolute Gasteiger partial charge is 0.277 e. The molecule has 0 aliphatic heterocycles.